The van der Waals surface area contributed by atoms with Crippen LogP contribution in [-0.2, 0) is 0 Å². The highest BCUT2D eigenvalue weighted by Gasteiger charge is 2.06. The summed E-state index contributed by atoms with van der Waals surface area (Å²) in [5.41, 5.74) is 7.87. The van der Waals surface area contributed by atoms with Gasteiger partial charge in [-0.05, 0) is 26.0 Å². The zero-order valence-corrected chi connectivity index (χ0v) is 8.57. The van der Waals surface area contributed by atoms with E-state index in [0.29, 0.717) is 5.96 Å². The maximum absolute atomic E-state index is 5.65. The quantitative estimate of drug-likeness (QED) is 0.318. The largest absolute Gasteiger partial charge is 0.368 e. The first-order chi connectivity index (χ1) is 6.69. The molecule has 0 unspecified atom stereocenters. The number of rotatable bonds is 2. The van der Waals surface area contributed by atoms with Gasteiger partial charge in [-0.1, -0.05) is 17.7 Å². The van der Waals surface area contributed by atoms with Crippen LogP contribution in [0.3, 0.4) is 0 Å². The molecule has 0 atom stereocenters. The molecular formula is C10H16N4. The molecule has 0 fully saturated rings. The minimum atomic E-state index is 0.330. The maximum atomic E-state index is 5.65. The Kier molecular flexibility index (Phi) is 3.34. The number of nitrogens with zero attached hydrogens (tertiary/aromatic N) is 2. The SMILES string of the molecule is CCN(C(N)=NN)c1ccc(C)cc1. The van der Waals surface area contributed by atoms with Gasteiger partial charge in [-0.2, -0.15) is 0 Å². The Morgan fingerprint density at radius 1 is 1.36 bits per heavy atom. The number of benzene rings is 1. The topological polar surface area (TPSA) is 67.6 Å². The van der Waals surface area contributed by atoms with Gasteiger partial charge in [0.05, 0.1) is 0 Å². The lowest BCUT2D eigenvalue weighted by molar-refractivity contribution is 1.02. The van der Waals surface area contributed by atoms with Crippen molar-refractivity contribution in [3.8, 4) is 0 Å². The van der Waals surface area contributed by atoms with Crippen molar-refractivity contribution >= 4 is 11.6 Å². The molecule has 0 amide bonds. The summed E-state index contributed by atoms with van der Waals surface area (Å²) in [5, 5.41) is 3.48. The number of aryl methyl sites for hydroxylation is 1. The summed E-state index contributed by atoms with van der Waals surface area (Å²) in [4.78, 5) is 1.85. The third kappa shape index (κ3) is 2.16. The fourth-order valence-electron chi connectivity index (χ4n) is 1.27. The summed E-state index contributed by atoms with van der Waals surface area (Å²) < 4.78 is 0. The Morgan fingerprint density at radius 3 is 2.36 bits per heavy atom. The summed E-state index contributed by atoms with van der Waals surface area (Å²) in [6.45, 7) is 4.79. The second-order valence-electron chi connectivity index (χ2n) is 3.07. The van der Waals surface area contributed by atoms with E-state index in [4.69, 9.17) is 11.6 Å². The fourth-order valence-corrected chi connectivity index (χ4v) is 1.27. The average Bonchev–Trinajstić information content (AvgIpc) is 2.21. The average molecular weight is 192 g/mol. The van der Waals surface area contributed by atoms with E-state index < -0.39 is 0 Å². The molecule has 0 aromatic heterocycles. The van der Waals surface area contributed by atoms with Gasteiger partial charge in [-0.15, -0.1) is 5.10 Å². The smallest absolute Gasteiger partial charge is 0.217 e. The van der Waals surface area contributed by atoms with Crippen LogP contribution in [-0.4, -0.2) is 12.5 Å². The van der Waals surface area contributed by atoms with Crippen molar-refractivity contribution in [1.82, 2.24) is 0 Å². The summed E-state index contributed by atoms with van der Waals surface area (Å²) in [7, 11) is 0. The van der Waals surface area contributed by atoms with Gasteiger partial charge in [0.25, 0.3) is 0 Å². The third-order valence-corrected chi connectivity index (χ3v) is 2.07. The van der Waals surface area contributed by atoms with E-state index in [2.05, 4.69) is 5.10 Å². The van der Waals surface area contributed by atoms with Gasteiger partial charge in [-0.3, -0.25) is 0 Å². The van der Waals surface area contributed by atoms with Crippen LogP contribution < -0.4 is 16.5 Å². The summed E-state index contributed by atoms with van der Waals surface area (Å²) >= 11 is 0. The molecule has 0 saturated heterocycles. The number of hydrogen-bond donors (Lipinski definition) is 2. The van der Waals surface area contributed by atoms with Gasteiger partial charge in [0, 0.05) is 12.2 Å². The van der Waals surface area contributed by atoms with Crippen molar-refractivity contribution in [1.29, 1.82) is 0 Å². The minimum Gasteiger partial charge on any atom is -0.368 e. The lowest BCUT2D eigenvalue weighted by Crippen LogP contribution is -2.38. The first kappa shape index (κ1) is 10.4. The third-order valence-electron chi connectivity index (χ3n) is 2.07. The molecule has 1 aromatic rings. The molecule has 0 aliphatic carbocycles. The van der Waals surface area contributed by atoms with Gasteiger partial charge in [0.2, 0.25) is 5.96 Å². The zero-order valence-electron chi connectivity index (χ0n) is 8.57. The van der Waals surface area contributed by atoms with Crippen LogP contribution in [0.4, 0.5) is 5.69 Å². The summed E-state index contributed by atoms with van der Waals surface area (Å²) in [6.07, 6.45) is 0. The van der Waals surface area contributed by atoms with E-state index in [0.717, 1.165) is 12.2 Å². The Hall–Kier alpha value is -1.71. The molecule has 76 valence electrons. The van der Waals surface area contributed by atoms with Gasteiger partial charge in [-0.25, -0.2) is 0 Å². The molecule has 4 heteroatoms. The molecule has 0 heterocycles. The van der Waals surface area contributed by atoms with Crippen LogP contribution >= 0.6 is 0 Å². The highest BCUT2D eigenvalue weighted by Crippen LogP contribution is 2.14. The number of hydrazone groups is 1. The molecule has 0 aliphatic heterocycles. The zero-order chi connectivity index (χ0) is 10.6. The number of anilines is 1. The molecule has 14 heavy (non-hydrogen) atoms. The summed E-state index contributed by atoms with van der Waals surface area (Å²) in [6, 6.07) is 8.05. The lowest BCUT2D eigenvalue weighted by atomic mass is 10.2. The van der Waals surface area contributed by atoms with E-state index in [-0.39, 0.29) is 0 Å². The molecular weight excluding hydrogens is 176 g/mol. The Morgan fingerprint density at radius 2 is 1.93 bits per heavy atom. The lowest BCUT2D eigenvalue weighted by Gasteiger charge is -2.21. The van der Waals surface area contributed by atoms with Gasteiger partial charge in [0.1, 0.15) is 0 Å². The van der Waals surface area contributed by atoms with Crippen molar-refractivity contribution < 1.29 is 0 Å². The molecule has 0 aliphatic rings. The second-order valence-corrected chi connectivity index (χ2v) is 3.07. The van der Waals surface area contributed by atoms with Crippen molar-refractivity contribution in [2.24, 2.45) is 16.7 Å². The highest BCUT2D eigenvalue weighted by molar-refractivity contribution is 5.94. The molecule has 1 rings (SSSR count). The Balaban J connectivity index is 2.95. The first-order valence-electron chi connectivity index (χ1n) is 4.56. The first-order valence-corrected chi connectivity index (χ1v) is 4.56. The number of guanidine groups is 1. The highest BCUT2D eigenvalue weighted by atomic mass is 15.3. The van der Waals surface area contributed by atoms with Crippen molar-refractivity contribution in [2.45, 2.75) is 13.8 Å². The molecule has 0 saturated carbocycles. The molecule has 0 spiro atoms. The van der Waals surface area contributed by atoms with Crippen LogP contribution in [0.25, 0.3) is 0 Å². The second kappa shape index (κ2) is 4.50. The normalized spacial score (nSPS) is 11.4. The Bertz CT molecular complexity index is 315. The predicted octanol–water partition coefficient (Wildman–Crippen LogP) is 1.01. The molecule has 4 nitrogen and oxygen atoms in total. The molecule has 4 N–H and O–H groups in total. The number of hydrogen-bond acceptors (Lipinski definition) is 2. The van der Waals surface area contributed by atoms with Crippen LogP contribution in [0, 0.1) is 6.92 Å². The summed E-state index contributed by atoms with van der Waals surface area (Å²) in [5.74, 6) is 5.47. The van der Waals surface area contributed by atoms with E-state index in [1.165, 1.54) is 5.56 Å². The van der Waals surface area contributed by atoms with Crippen molar-refractivity contribution in [3.63, 3.8) is 0 Å². The van der Waals surface area contributed by atoms with Crippen molar-refractivity contribution in [2.75, 3.05) is 11.4 Å². The van der Waals surface area contributed by atoms with Crippen LogP contribution in [0.5, 0.6) is 0 Å². The molecule has 0 bridgehead atoms. The standard InChI is InChI=1S/C10H16N4/c1-3-14(10(11)13-12)9-6-4-8(2)5-7-9/h4-7H,3,12H2,1-2H3,(H2,11,13). The van der Waals surface area contributed by atoms with Crippen molar-refractivity contribution in [3.05, 3.63) is 29.8 Å². The van der Waals surface area contributed by atoms with E-state index in [1.807, 2.05) is 43.0 Å². The van der Waals surface area contributed by atoms with Crippen LogP contribution in [0.1, 0.15) is 12.5 Å². The molecule has 0 radical (unpaired) electrons. The predicted molar refractivity (Wildman–Crippen MR) is 60.0 cm³/mol. The van der Waals surface area contributed by atoms with Crippen LogP contribution in [0.2, 0.25) is 0 Å². The van der Waals surface area contributed by atoms with Gasteiger partial charge >= 0.3 is 0 Å². The van der Waals surface area contributed by atoms with Gasteiger partial charge in [0.15, 0.2) is 0 Å². The van der Waals surface area contributed by atoms with E-state index in [1.54, 1.807) is 0 Å². The monoisotopic (exact) mass is 192 g/mol. The fraction of sp³-hybridized carbons (Fsp3) is 0.300. The number of nitrogens with two attached hydrogens (primary N) is 2. The van der Waals surface area contributed by atoms with E-state index in [9.17, 15) is 0 Å². The van der Waals surface area contributed by atoms with E-state index >= 15 is 0 Å². The van der Waals surface area contributed by atoms with Crippen LogP contribution in [0.15, 0.2) is 29.4 Å². The Labute approximate surface area is 84.2 Å². The molecule has 1 aromatic carbocycles. The minimum absolute atomic E-state index is 0.330. The maximum Gasteiger partial charge on any atom is 0.217 e. The van der Waals surface area contributed by atoms with Gasteiger partial charge < -0.3 is 16.5 Å².